The largest absolute Gasteiger partial charge is 0.323 e. The fourth-order valence-electron chi connectivity index (χ4n) is 4.91. The lowest BCUT2D eigenvalue weighted by Crippen LogP contribution is -2.66. The zero-order valence-electron chi connectivity index (χ0n) is 18.7. The van der Waals surface area contributed by atoms with Crippen molar-refractivity contribution in [3.05, 3.63) is 65.5 Å². The summed E-state index contributed by atoms with van der Waals surface area (Å²) in [4.78, 5) is 29.6. The molecule has 2 N–H and O–H groups in total. The van der Waals surface area contributed by atoms with Crippen molar-refractivity contribution in [2.75, 3.05) is 11.1 Å². The number of hydrogen-bond acceptors (Lipinski definition) is 6. The maximum atomic E-state index is 13.9. The van der Waals surface area contributed by atoms with E-state index in [0.717, 1.165) is 49.4 Å². The molecule has 0 radical (unpaired) electrons. The average molecular weight is 504 g/mol. The van der Waals surface area contributed by atoms with Crippen molar-refractivity contribution in [1.82, 2.24) is 15.2 Å². The SMILES string of the molecule is O=C(CSC1=NNC2N(Cc3ccc(F)cc3)C(=O)C3CCCCC3N12)Nc1cc(F)ccc1F. The predicted molar refractivity (Wildman–Crippen MR) is 126 cm³/mol. The Bertz CT molecular complexity index is 1160. The molecule has 2 amide bonds. The number of rotatable bonds is 5. The van der Waals surface area contributed by atoms with E-state index in [1.54, 1.807) is 17.0 Å². The Morgan fingerprint density at radius 3 is 2.63 bits per heavy atom. The molecule has 7 nitrogen and oxygen atoms in total. The van der Waals surface area contributed by atoms with E-state index in [0.29, 0.717) is 11.7 Å². The molecule has 2 aliphatic heterocycles. The number of amides is 2. The highest BCUT2D eigenvalue weighted by Crippen LogP contribution is 2.39. The Balaban J connectivity index is 1.30. The number of halogens is 3. The third-order valence-electron chi connectivity index (χ3n) is 6.54. The summed E-state index contributed by atoms with van der Waals surface area (Å²) >= 11 is 1.17. The number of nitrogens with one attached hydrogen (secondary N) is 2. The van der Waals surface area contributed by atoms with Crippen LogP contribution in [0.15, 0.2) is 47.6 Å². The smallest absolute Gasteiger partial charge is 0.234 e. The second-order valence-corrected chi connectivity index (χ2v) is 9.76. The van der Waals surface area contributed by atoms with Crippen molar-refractivity contribution in [2.45, 2.75) is 44.6 Å². The van der Waals surface area contributed by atoms with Crippen molar-refractivity contribution in [2.24, 2.45) is 11.0 Å². The quantitative estimate of drug-likeness (QED) is 0.649. The maximum Gasteiger partial charge on any atom is 0.234 e. The fourth-order valence-corrected chi connectivity index (χ4v) is 5.75. The number of benzene rings is 2. The lowest BCUT2D eigenvalue weighted by Gasteiger charge is -2.50. The molecule has 0 spiro atoms. The Morgan fingerprint density at radius 2 is 1.83 bits per heavy atom. The number of carbonyl (C=O) groups is 2. The molecule has 2 aromatic carbocycles. The summed E-state index contributed by atoms with van der Waals surface area (Å²) in [5, 5.41) is 7.37. The van der Waals surface area contributed by atoms with E-state index in [-0.39, 0.29) is 35.1 Å². The molecule has 2 aromatic rings. The summed E-state index contributed by atoms with van der Waals surface area (Å²) < 4.78 is 40.6. The number of nitrogens with zero attached hydrogens (tertiary/aromatic N) is 3. The highest BCUT2D eigenvalue weighted by molar-refractivity contribution is 8.14. The molecular formula is C24H24F3N5O2S. The highest BCUT2D eigenvalue weighted by atomic mass is 32.2. The van der Waals surface area contributed by atoms with Crippen molar-refractivity contribution < 1.29 is 22.8 Å². The minimum Gasteiger partial charge on any atom is -0.323 e. The third-order valence-corrected chi connectivity index (χ3v) is 7.51. The van der Waals surface area contributed by atoms with Crippen molar-refractivity contribution in [3.8, 4) is 0 Å². The zero-order valence-corrected chi connectivity index (χ0v) is 19.5. The summed E-state index contributed by atoms with van der Waals surface area (Å²) in [5.74, 6) is -2.44. The molecule has 2 fully saturated rings. The van der Waals surface area contributed by atoms with E-state index in [4.69, 9.17) is 0 Å². The number of hydrazone groups is 1. The first-order chi connectivity index (χ1) is 16.9. The van der Waals surface area contributed by atoms with Gasteiger partial charge in [0.2, 0.25) is 11.8 Å². The van der Waals surface area contributed by atoms with Crippen molar-refractivity contribution in [1.29, 1.82) is 0 Å². The predicted octanol–water partition coefficient (Wildman–Crippen LogP) is 3.84. The van der Waals surface area contributed by atoms with Crippen LogP contribution in [0, 0.1) is 23.4 Å². The summed E-state index contributed by atoms with van der Waals surface area (Å²) in [6.45, 7) is 0.295. The molecule has 3 aliphatic rings. The van der Waals surface area contributed by atoms with Crippen molar-refractivity contribution >= 4 is 34.4 Å². The minimum atomic E-state index is -0.722. The number of amidine groups is 1. The minimum absolute atomic E-state index is 0.0357. The van der Waals surface area contributed by atoms with E-state index in [2.05, 4.69) is 20.7 Å². The van der Waals surface area contributed by atoms with Gasteiger partial charge in [0.05, 0.1) is 17.4 Å². The zero-order chi connectivity index (χ0) is 24.5. The van der Waals surface area contributed by atoms with Crippen LogP contribution in [-0.4, -0.2) is 44.9 Å². The van der Waals surface area contributed by atoms with E-state index in [1.807, 2.05) is 0 Å². The molecule has 1 saturated carbocycles. The van der Waals surface area contributed by atoms with Crippen LogP contribution in [0.2, 0.25) is 0 Å². The maximum absolute atomic E-state index is 13.9. The first-order valence-corrected chi connectivity index (χ1v) is 12.4. The van der Waals surface area contributed by atoms with Gasteiger partial charge in [0.25, 0.3) is 0 Å². The molecular weight excluding hydrogens is 479 g/mol. The van der Waals surface area contributed by atoms with Gasteiger partial charge < -0.3 is 10.2 Å². The van der Waals surface area contributed by atoms with E-state index in [1.165, 1.54) is 23.9 Å². The van der Waals surface area contributed by atoms with Gasteiger partial charge in [-0.2, -0.15) is 5.10 Å². The normalized spacial score (nSPS) is 23.3. The number of fused-ring (bicyclic) bond motifs is 3. The van der Waals surface area contributed by atoms with Gasteiger partial charge in [-0.25, -0.2) is 13.2 Å². The first-order valence-electron chi connectivity index (χ1n) is 11.4. The van der Waals surface area contributed by atoms with Crippen LogP contribution in [-0.2, 0) is 16.1 Å². The van der Waals surface area contributed by atoms with Gasteiger partial charge in [-0.1, -0.05) is 36.7 Å². The van der Waals surface area contributed by atoms with Crippen LogP contribution in [0.25, 0.3) is 0 Å². The van der Waals surface area contributed by atoms with E-state index in [9.17, 15) is 22.8 Å². The molecule has 184 valence electrons. The standard InChI is InChI=1S/C24H24F3N5O2S/c25-15-7-5-14(6-8-15)12-31-22(34)17-3-1-2-4-20(17)32-23(31)29-30-24(32)35-13-21(33)28-19-11-16(26)9-10-18(19)27/h5-11,17,20,23,29H,1-4,12-13H2,(H,28,33). The van der Waals surface area contributed by atoms with Crippen LogP contribution in [0.1, 0.15) is 31.2 Å². The highest BCUT2D eigenvalue weighted by Gasteiger charge is 2.51. The number of thioether (sulfide) groups is 1. The Hall–Kier alpha value is -3.21. The van der Waals surface area contributed by atoms with Crippen LogP contribution in [0.4, 0.5) is 18.9 Å². The summed E-state index contributed by atoms with van der Waals surface area (Å²) in [6, 6.07) is 8.86. The fraction of sp³-hybridized carbons (Fsp3) is 0.375. The monoisotopic (exact) mass is 503 g/mol. The van der Waals surface area contributed by atoms with E-state index >= 15 is 0 Å². The molecule has 35 heavy (non-hydrogen) atoms. The number of carbonyl (C=O) groups excluding carboxylic acids is 2. The first kappa shape index (κ1) is 23.5. The Labute approximate surface area is 204 Å². The molecule has 1 saturated heterocycles. The number of anilines is 1. The van der Waals surface area contributed by atoms with Gasteiger partial charge in [-0.15, -0.1) is 0 Å². The van der Waals surface area contributed by atoms with Crippen LogP contribution in [0.3, 0.4) is 0 Å². The molecule has 2 heterocycles. The van der Waals surface area contributed by atoms with Gasteiger partial charge >= 0.3 is 0 Å². The van der Waals surface area contributed by atoms with Gasteiger partial charge in [-0.3, -0.25) is 19.9 Å². The molecule has 1 aliphatic carbocycles. The molecule has 11 heteroatoms. The summed E-state index contributed by atoms with van der Waals surface area (Å²) in [6.07, 6.45) is 3.04. The lowest BCUT2D eigenvalue weighted by molar-refractivity contribution is -0.156. The van der Waals surface area contributed by atoms with Crippen molar-refractivity contribution in [3.63, 3.8) is 0 Å². The molecule has 5 rings (SSSR count). The second-order valence-electron chi connectivity index (χ2n) is 8.82. The van der Waals surface area contributed by atoms with Crippen LogP contribution < -0.4 is 10.7 Å². The lowest BCUT2D eigenvalue weighted by atomic mass is 9.81. The van der Waals surface area contributed by atoms with Gasteiger partial charge in [-0.05, 0) is 42.7 Å². The second kappa shape index (κ2) is 9.80. The summed E-state index contributed by atoms with van der Waals surface area (Å²) in [7, 11) is 0. The molecule has 3 atom stereocenters. The topological polar surface area (TPSA) is 77.0 Å². The number of hydrogen-bond donors (Lipinski definition) is 2. The van der Waals surface area contributed by atoms with Gasteiger partial charge in [0.15, 0.2) is 11.5 Å². The summed E-state index contributed by atoms with van der Waals surface area (Å²) in [5.41, 5.74) is 3.61. The third kappa shape index (κ3) is 4.82. The molecule has 0 aromatic heterocycles. The van der Waals surface area contributed by atoms with E-state index < -0.39 is 23.8 Å². The van der Waals surface area contributed by atoms with Gasteiger partial charge in [0, 0.05) is 18.7 Å². The Kier molecular flexibility index (Phi) is 6.59. The average Bonchev–Trinajstić information content (AvgIpc) is 3.28. The molecule has 0 bridgehead atoms. The molecule has 3 unspecified atom stereocenters. The van der Waals surface area contributed by atoms with Crippen LogP contribution in [0.5, 0.6) is 0 Å². The Morgan fingerprint density at radius 1 is 1.09 bits per heavy atom. The van der Waals surface area contributed by atoms with Gasteiger partial charge in [0.1, 0.15) is 17.5 Å². The van der Waals surface area contributed by atoms with Crippen LogP contribution >= 0.6 is 11.8 Å².